The molecule has 196 valence electrons. The number of para-hydroxylation sites is 1. The topological polar surface area (TPSA) is 101 Å². The SMILES string of the molecule is CNC(=O)c1nn(-c2ccccc2)c(NC(=O)NC2CN(CCOC)CC2c2ccc(F)c(F)c2)c1Br. The minimum absolute atomic E-state index is 0.105. The van der Waals surface area contributed by atoms with Gasteiger partial charge in [0.1, 0.15) is 0 Å². The third-order valence-electron chi connectivity index (χ3n) is 6.20. The summed E-state index contributed by atoms with van der Waals surface area (Å²) in [6, 6.07) is 11.9. The molecule has 37 heavy (non-hydrogen) atoms. The van der Waals surface area contributed by atoms with Crippen LogP contribution in [0.3, 0.4) is 0 Å². The van der Waals surface area contributed by atoms with Crippen LogP contribution in [-0.2, 0) is 4.74 Å². The number of amides is 3. The van der Waals surface area contributed by atoms with Crippen LogP contribution in [0.2, 0.25) is 0 Å². The fourth-order valence-electron chi connectivity index (χ4n) is 4.35. The number of aromatic nitrogens is 2. The van der Waals surface area contributed by atoms with E-state index in [0.717, 1.165) is 6.07 Å². The summed E-state index contributed by atoms with van der Waals surface area (Å²) in [5, 5.41) is 12.7. The van der Waals surface area contributed by atoms with Crippen LogP contribution >= 0.6 is 15.9 Å². The summed E-state index contributed by atoms with van der Waals surface area (Å²) >= 11 is 3.40. The number of urea groups is 1. The van der Waals surface area contributed by atoms with Crippen LogP contribution in [0.4, 0.5) is 19.4 Å². The van der Waals surface area contributed by atoms with Gasteiger partial charge in [0.05, 0.1) is 22.8 Å². The molecule has 4 rings (SSSR count). The summed E-state index contributed by atoms with van der Waals surface area (Å²) in [5.41, 5.74) is 1.33. The fourth-order valence-corrected chi connectivity index (χ4v) is 4.88. The zero-order valence-electron chi connectivity index (χ0n) is 20.3. The molecular weight excluding hydrogens is 550 g/mol. The number of carbonyl (C=O) groups is 2. The summed E-state index contributed by atoms with van der Waals surface area (Å²) < 4.78 is 34.5. The molecule has 1 fully saturated rings. The predicted octanol–water partition coefficient (Wildman–Crippen LogP) is 3.51. The Morgan fingerprint density at radius 1 is 1.14 bits per heavy atom. The highest BCUT2D eigenvalue weighted by molar-refractivity contribution is 9.10. The number of likely N-dealkylation sites (tertiary alicyclic amines) is 1. The van der Waals surface area contributed by atoms with Crippen LogP contribution in [0.5, 0.6) is 0 Å². The van der Waals surface area contributed by atoms with Crippen LogP contribution in [0.15, 0.2) is 53.0 Å². The van der Waals surface area contributed by atoms with Crippen molar-refractivity contribution in [1.82, 2.24) is 25.3 Å². The van der Waals surface area contributed by atoms with E-state index in [2.05, 4.69) is 41.9 Å². The zero-order chi connectivity index (χ0) is 26.5. The third-order valence-corrected chi connectivity index (χ3v) is 6.95. The molecule has 3 aromatic rings. The Balaban J connectivity index is 1.59. The Morgan fingerprint density at radius 2 is 1.89 bits per heavy atom. The second kappa shape index (κ2) is 11.8. The van der Waals surface area contributed by atoms with Gasteiger partial charge in [0.2, 0.25) is 0 Å². The van der Waals surface area contributed by atoms with Crippen molar-refractivity contribution >= 4 is 33.7 Å². The molecule has 1 aliphatic rings. The minimum atomic E-state index is -0.937. The molecule has 9 nitrogen and oxygen atoms in total. The molecule has 0 radical (unpaired) electrons. The highest BCUT2D eigenvalue weighted by Crippen LogP contribution is 2.31. The summed E-state index contributed by atoms with van der Waals surface area (Å²) in [5.74, 6) is -2.30. The van der Waals surface area contributed by atoms with Crippen molar-refractivity contribution in [3.63, 3.8) is 0 Å². The first kappa shape index (κ1) is 26.7. The van der Waals surface area contributed by atoms with E-state index in [0.29, 0.717) is 42.0 Å². The number of rotatable bonds is 8. The Kier molecular flexibility index (Phi) is 8.52. The van der Waals surface area contributed by atoms with E-state index < -0.39 is 29.6 Å². The van der Waals surface area contributed by atoms with E-state index in [1.165, 1.54) is 23.9 Å². The molecule has 1 aromatic heterocycles. The van der Waals surface area contributed by atoms with Gasteiger partial charge in [-0.25, -0.2) is 18.3 Å². The van der Waals surface area contributed by atoms with Gasteiger partial charge in [-0.1, -0.05) is 24.3 Å². The molecule has 0 aliphatic carbocycles. The van der Waals surface area contributed by atoms with E-state index in [-0.39, 0.29) is 17.4 Å². The number of nitrogens with one attached hydrogen (secondary N) is 3. The molecule has 1 aliphatic heterocycles. The van der Waals surface area contributed by atoms with Gasteiger partial charge in [0.15, 0.2) is 23.1 Å². The maximum atomic E-state index is 14.0. The number of nitrogens with zero attached hydrogens (tertiary/aromatic N) is 3. The highest BCUT2D eigenvalue weighted by atomic mass is 79.9. The van der Waals surface area contributed by atoms with Gasteiger partial charge in [-0.15, -0.1) is 0 Å². The van der Waals surface area contributed by atoms with Gasteiger partial charge in [0, 0.05) is 39.7 Å². The Morgan fingerprint density at radius 3 is 2.57 bits per heavy atom. The number of hydrogen-bond acceptors (Lipinski definition) is 5. The maximum Gasteiger partial charge on any atom is 0.320 e. The lowest BCUT2D eigenvalue weighted by atomic mass is 9.94. The highest BCUT2D eigenvalue weighted by Gasteiger charge is 2.35. The number of carbonyl (C=O) groups excluding carboxylic acids is 2. The molecule has 2 atom stereocenters. The molecule has 2 heterocycles. The molecular formula is C25H27BrF2N6O3. The smallest absolute Gasteiger partial charge is 0.320 e. The Hall–Kier alpha value is -3.35. The van der Waals surface area contributed by atoms with Gasteiger partial charge < -0.3 is 15.4 Å². The van der Waals surface area contributed by atoms with Crippen molar-refractivity contribution in [3.05, 3.63) is 75.9 Å². The molecule has 2 aromatic carbocycles. The minimum Gasteiger partial charge on any atom is -0.383 e. The maximum absolute atomic E-state index is 14.0. The summed E-state index contributed by atoms with van der Waals surface area (Å²) in [6.07, 6.45) is 0. The number of hydrogen-bond donors (Lipinski definition) is 3. The lowest BCUT2D eigenvalue weighted by Crippen LogP contribution is -2.42. The number of anilines is 1. The average molecular weight is 577 g/mol. The van der Waals surface area contributed by atoms with Crippen molar-refractivity contribution in [2.24, 2.45) is 0 Å². The number of benzene rings is 2. The Labute approximate surface area is 221 Å². The van der Waals surface area contributed by atoms with Crippen LogP contribution in [-0.4, -0.2) is 73.1 Å². The lowest BCUT2D eigenvalue weighted by molar-refractivity contribution is 0.0957. The van der Waals surface area contributed by atoms with E-state index in [1.54, 1.807) is 19.2 Å². The van der Waals surface area contributed by atoms with Crippen molar-refractivity contribution < 1.29 is 23.1 Å². The molecule has 0 bridgehead atoms. The third kappa shape index (κ3) is 5.97. The first-order valence-corrected chi connectivity index (χ1v) is 12.4. The first-order chi connectivity index (χ1) is 17.8. The summed E-state index contributed by atoms with van der Waals surface area (Å²) in [4.78, 5) is 27.7. The number of ether oxygens (including phenoxy) is 1. The lowest BCUT2D eigenvalue weighted by Gasteiger charge is -2.21. The second-order valence-corrected chi connectivity index (χ2v) is 9.37. The average Bonchev–Trinajstić information content (AvgIpc) is 3.45. The molecule has 2 unspecified atom stereocenters. The number of halogens is 3. The van der Waals surface area contributed by atoms with Gasteiger partial charge in [-0.05, 0) is 45.8 Å². The van der Waals surface area contributed by atoms with Crippen LogP contribution in [0.25, 0.3) is 5.69 Å². The van der Waals surface area contributed by atoms with Crippen molar-refractivity contribution in [2.45, 2.75) is 12.0 Å². The van der Waals surface area contributed by atoms with Gasteiger partial charge >= 0.3 is 6.03 Å². The van der Waals surface area contributed by atoms with Crippen LogP contribution in [0, 0.1) is 11.6 Å². The van der Waals surface area contributed by atoms with Gasteiger partial charge in [-0.3, -0.25) is 15.0 Å². The summed E-state index contributed by atoms with van der Waals surface area (Å²) in [7, 11) is 3.09. The van der Waals surface area contributed by atoms with E-state index >= 15 is 0 Å². The largest absolute Gasteiger partial charge is 0.383 e. The molecule has 12 heteroatoms. The van der Waals surface area contributed by atoms with Crippen molar-refractivity contribution in [1.29, 1.82) is 0 Å². The molecule has 0 saturated carbocycles. The standard InChI is InChI=1S/C25H27BrF2N6O3/c1-29-24(35)22-21(26)23(34(32-22)16-6-4-3-5-7-16)31-25(36)30-20-14-33(10-11-37-2)13-17(20)15-8-9-18(27)19(28)12-15/h3-9,12,17,20H,10-11,13-14H2,1-2H3,(H,29,35)(H2,30,31,36). The predicted molar refractivity (Wildman–Crippen MR) is 138 cm³/mol. The van der Waals surface area contributed by atoms with E-state index in [9.17, 15) is 18.4 Å². The first-order valence-electron chi connectivity index (χ1n) is 11.6. The molecule has 1 saturated heterocycles. The second-order valence-electron chi connectivity index (χ2n) is 8.58. The van der Waals surface area contributed by atoms with Gasteiger partial charge in [0.25, 0.3) is 5.91 Å². The normalized spacial score (nSPS) is 17.5. The Bertz CT molecular complexity index is 1270. The van der Waals surface area contributed by atoms with E-state index in [1.807, 2.05) is 18.2 Å². The molecule has 3 amide bonds. The number of methoxy groups -OCH3 is 1. The zero-order valence-corrected chi connectivity index (χ0v) is 21.9. The molecule has 0 spiro atoms. The molecule has 3 N–H and O–H groups in total. The van der Waals surface area contributed by atoms with Gasteiger partial charge in [-0.2, -0.15) is 5.10 Å². The van der Waals surface area contributed by atoms with Crippen molar-refractivity contribution in [3.8, 4) is 5.69 Å². The van der Waals surface area contributed by atoms with Crippen molar-refractivity contribution in [2.75, 3.05) is 45.7 Å². The van der Waals surface area contributed by atoms with E-state index in [4.69, 9.17) is 4.74 Å². The quantitative estimate of drug-likeness (QED) is 0.381. The van der Waals surface area contributed by atoms with Crippen LogP contribution < -0.4 is 16.0 Å². The van der Waals surface area contributed by atoms with Crippen LogP contribution in [0.1, 0.15) is 22.0 Å². The monoisotopic (exact) mass is 576 g/mol. The summed E-state index contributed by atoms with van der Waals surface area (Å²) in [6.45, 7) is 2.14. The fraction of sp³-hybridized carbons (Fsp3) is 0.320.